The topological polar surface area (TPSA) is 38.5 Å². The minimum Gasteiger partial charge on any atom is -0.378 e. The largest absolute Gasteiger partial charge is 0.378 e. The molecule has 3 heteroatoms. The summed E-state index contributed by atoms with van der Waals surface area (Å²) in [6.07, 6.45) is 2.30. The van der Waals surface area contributed by atoms with E-state index in [1.165, 1.54) is 11.1 Å². The van der Waals surface area contributed by atoms with E-state index in [0.29, 0.717) is 18.0 Å². The fraction of sp³-hybridized carbons (Fsp3) is 0.647. The van der Waals surface area contributed by atoms with Gasteiger partial charge in [0.05, 0.1) is 13.2 Å². The molecule has 0 radical (unpaired) electrons. The molecule has 20 heavy (non-hydrogen) atoms. The maximum atomic E-state index is 6.62. The Balaban J connectivity index is 1.88. The van der Waals surface area contributed by atoms with E-state index in [9.17, 15) is 0 Å². The molecule has 1 aromatic carbocycles. The molecule has 1 aliphatic heterocycles. The van der Waals surface area contributed by atoms with Crippen LogP contribution in [0.5, 0.6) is 0 Å². The van der Waals surface area contributed by atoms with E-state index in [1.807, 2.05) is 0 Å². The van der Waals surface area contributed by atoms with Gasteiger partial charge in [0.2, 0.25) is 0 Å². The third kappa shape index (κ3) is 2.39. The quantitative estimate of drug-likeness (QED) is 0.901. The van der Waals surface area contributed by atoms with E-state index in [0.717, 1.165) is 32.6 Å². The van der Waals surface area contributed by atoms with Gasteiger partial charge in [-0.3, -0.25) is 4.90 Å². The summed E-state index contributed by atoms with van der Waals surface area (Å²) in [4.78, 5) is 2.61. The van der Waals surface area contributed by atoms with E-state index < -0.39 is 0 Å². The predicted molar refractivity (Wildman–Crippen MR) is 81.8 cm³/mol. The van der Waals surface area contributed by atoms with Gasteiger partial charge in [-0.1, -0.05) is 38.1 Å². The van der Waals surface area contributed by atoms with E-state index in [4.69, 9.17) is 10.5 Å². The third-order valence-electron chi connectivity index (χ3n) is 5.07. The Hall–Kier alpha value is -0.900. The molecule has 0 amide bonds. The molecule has 0 aromatic heterocycles. The van der Waals surface area contributed by atoms with Gasteiger partial charge in [-0.05, 0) is 29.9 Å². The molecule has 3 rings (SSSR count). The standard InChI is InChI=1S/C17H26N2O/c1-3-13-11-20-9-8-19(13)16-10-12(2)14-6-4-5-7-15(14)17(16)18/h4-7,12-13,16-17H,3,8-11,18H2,1-2H3. The van der Waals surface area contributed by atoms with Crippen molar-refractivity contribution in [2.24, 2.45) is 5.73 Å². The zero-order valence-electron chi connectivity index (χ0n) is 12.6. The van der Waals surface area contributed by atoms with Crippen molar-refractivity contribution < 1.29 is 4.74 Å². The number of rotatable bonds is 2. The highest BCUT2D eigenvalue weighted by molar-refractivity contribution is 5.36. The van der Waals surface area contributed by atoms with Gasteiger partial charge in [-0.25, -0.2) is 0 Å². The number of hydrogen-bond donors (Lipinski definition) is 1. The van der Waals surface area contributed by atoms with Crippen LogP contribution >= 0.6 is 0 Å². The Kier molecular flexibility index (Phi) is 4.11. The lowest BCUT2D eigenvalue weighted by molar-refractivity contribution is -0.0398. The molecule has 110 valence electrons. The summed E-state index contributed by atoms with van der Waals surface area (Å²) in [7, 11) is 0. The Morgan fingerprint density at radius 2 is 2.05 bits per heavy atom. The van der Waals surface area contributed by atoms with Crippen LogP contribution in [0.4, 0.5) is 0 Å². The zero-order chi connectivity index (χ0) is 14.1. The lowest BCUT2D eigenvalue weighted by Gasteiger charge is -2.46. The Labute approximate surface area is 122 Å². The van der Waals surface area contributed by atoms with Gasteiger partial charge in [0.1, 0.15) is 0 Å². The average molecular weight is 274 g/mol. The summed E-state index contributed by atoms with van der Waals surface area (Å²) >= 11 is 0. The summed E-state index contributed by atoms with van der Waals surface area (Å²) in [6.45, 7) is 7.30. The van der Waals surface area contributed by atoms with Crippen molar-refractivity contribution in [2.45, 2.75) is 50.7 Å². The highest BCUT2D eigenvalue weighted by atomic mass is 16.5. The van der Waals surface area contributed by atoms with E-state index in [-0.39, 0.29) is 6.04 Å². The van der Waals surface area contributed by atoms with Gasteiger partial charge in [0.15, 0.2) is 0 Å². The molecule has 4 unspecified atom stereocenters. The molecule has 1 aromatic rings. The first kappa shape index (κ1) is 14.1. The van der Waals surface area contributed by atoms with Crippen LogP contribution < -0.4 is 5.73 Å². The molecule has 4 atom stereocenters. The van der Waals surface area contributed by atoms with E-state index >= 15 is 0 Å². The first-order valence-electron chi connectivity index (χ1n) is 7.90. The Morgan fingerprint density at radius 1 is 1.30 bits per heavy atom. The van der Waals surface area contributed by atoms with Crippen LogP contribution in [0.2, 0.25) is 0 Å². The van der Waals surface area contributed by atoms with Crippen molar-refractivity contribution in [3.8, 4) is 0 Å². The SMILES string of the molecule is CCC1COCCN1C1CC(C)c2ccccc2C1N. The molecule has 1 aliphatic carbocycles. The molecule has 1 saturated heterocycles. The van der Waals surface area contributed by atoms with Crippen LogP contribution in [0, 0.1) is 0 Å². The first-order chi connectivity index (χ1) is 9.72. The smallest absolute Gasteiger partial charge is 0.0622 e. The van der Waals surface area contributed by atoms with E-state index in [1.54, 1.807) is 0 Å². The van der Waals surface area contributed by atoms with Crippen LogP contribution in [-0.4, -0.2) is 36.7 Å². The molecule has 0 spiro atoms. The summed E-state index contributed by atoms with van der Waals surface area (Å²) < 4.78 is 5.64. The number of ether oxygens (including phenoxy) is 1. The van der Waals surface area contributed by atoms with Gasteiger partial charge >= 0.3 is 0 Å². The summed E-state index contributed by atoms with van der Waals surface area (Å²) in [6, 6.07) is 9.81. The second-order valence-electron chi connectivity index (χ2n) is 6.23. The zero-order valence-corrected chi connectivity index (χ0v) is 12.6. The van der Waals surface area contributed by atoms with Crippen LogP contribution in [0.15, 0.2) is 24.3 Å². The van der Waals surface area contributed by atoms with Crippen LogP contribution in [0.25, 0.3) is 0 Å². The lowest BCUT2D eigenvalue weighted by atomic mass is 9.77. The molecular formula is C17H26N2O. The minimum atomic E-state index is 0.134. The molecule has 1 fully saturated rings. The summed E-state index contributed by atoms with van der Waals surface area (Å²) in [5.41, 5.74) is 9.41. The van der Waals surface area contributed by atoms with Crippen LogP contribution in [0.1, 0.15) is 49.8 Å². The van der Waals surface area contributed by atoms with Gasteiger partial charge in [0, 0.05) is 24.7 Å². The fourth-order valence-electron chi connectivity index (χ4n) is 3.90. The first-order valence-corrected chi connectivity index (χ1v) is 7.90. The number of nitrogens with zero attached hydrogens (tertiary/aromatic N) is 1. The summed E-state index contributed by atoms with van der Waals surface area (Å²) in [5, 5.41) is 0. The minimum absolute atomic E-state index is 0.134. The highest BCUT2D eigenvalue weighted by Gasteiger charge is 2.37. The van der Waals surface area contributed by atoms with Crippen molar-refractivity contribution >= 4 is 0 Å². The average Bonchev–Trinajstić information content (AvgIpc) is 2.51. The molecule has 1 heterocycles. The fourth-order valence-corrected chi connectivity index (χ4v) is 3.90. The number of fused-ring (bicyclic) bond motifs is 1. The molecule has 2 N–H and O–H groups in total. The maximum absolute atomic E-state index is 6.62. The monoisotopic (exact) mass is 274 g/mol. The predicted octanol–water partition coefficient (Wildman–Crippen LogP) is 2.67. The number of hydrogen-bond acceptors (Lipinski definition) is 3. The van der Waals surface area contributed by atoms with Crippen LogP contribution in [-0.2, 0) is 4.74 Å². The van der Waals surface area contributed by atoms with Crippen molar-refractivity contribution in [1.29, 1.82) is 0 Å². The van der Waals surface area contributed by atoms with E-state index in [2.05, 4.69) is 43.0 Å². The molecular weight excluding hydrogens is 248 g/mol. The van der Waals surface area contributed by atoms with Gasteiger partial charge < -0.3 is 10.5 Å². The second-order valence-corrected chi connectivity index (χ2v) is 6.23. The van der Waals surface area contributed by atoms with Crippen molar-refractivity contribution in [3.63, 3.8) is 0 Å². The number of nitrogens with two attached hydrogens (primary N) is 1. The van der Waals surface area contributed by atoms with Gasteiger partial charge in [-0.2, -0.15) is 0 Å². The maximum Gasteiger partial charge on any atom is 0.0622 e. The van der Waals surface area contributed by atoms with Crippen molar-refractivity contribution in [1.82, 2.24) is 4.90 Å². The van der Waals surface area contributed by atoms with Crippen molar-refractivity contribution in [3.05, 3.63) is 35.4 Å². The van der Waals surface area contributed by atoms with Gasteiger partial charge in [0.25, 0.3) is 0 Å². The van der Waals surface area contributed by atoms with Crippen LogP contribution in [0.3, 0.4) is 0 Å². The molecule has 0 bridgehead atoms. The Morgan fingerprint density at radius 3 is 2.80 bits per heavy atom. The Bertz CT molecular complexity index is 462. The molecule has 2 aliphatic rings. The number of morpholine rings is 1. The van der Waals surface area contributed by atoms with Crippen molar-refractivity contribution in [2.75, 3.05) is 19.8 Å². The summed E-state index contributed by atoms with van der Waals surface area (Å²) in [5.74, 6) is 0.594. The second kappa shape index (κ2) is 5.84. The lowest BCUT2D eigenvalue weighted by Crippen LogP contribution is -2.55. The highest BCUT2D eigenvalue weighted by Crippen LogP contribution is 2.39. The molecule has 3 nitrogen and oxygen atoms in total. The normalized spacial score (nSPS) is 34.8. The third-order valence-corrected chi connectivity index (χ3v) is 5.07. The number of benzene rings is 1. The molecule has 0 saturated carbocycles. The van der Waals surface area contributed by atoms with Gasteiger partial charge in [-0.15, -0.1) is 0 Å².